The number of carbonyl (C=O) groups is 1. The summed E-state index contributed by atoms with van der Waals surface area (Å²) in [4.78, 5) is 12.0. The minimum Gasteiger partial charge on any atom is -0.465 e. The molecule has 72 valence electrons. The first kappa shape index (κ1) is 11.2. The fraction of sp³-hybridized carbons (Fsp3) is 0.875. The second kappa shape index (κ2) is 6.91. The van der Waals surface area contributed by atoms with Gasteiger partial charge in [0.15, 0.2) is 0 Å². The molecule has 12 heavy (non-hydrogen) atoms. The number of hydrogen-bond acceptors (Lipinski definition) is 2. The summed E-state index contributed by atoms with van der Waals surface area (Å²) >= 11 is 0. The monoisotopic (exact) mass is 174 g/mol. The van der Waals surface area contributed by atoms with Gasteiger partial charge in [-0.3, -0.25) is 0 Å². The van der Waals surface area contributed by atoms with Crippen LogP contribution >= 0.6 is 0 Å². The number of nitrogens with zero attached hydrogens (tertiary/aromatic N) is 1. The minimum absolute atomic E-state index is 0.551. The molecule has 0 fully saturated rings. The van der Waals surface area contributed by atoms with Crippen LogP contribution in [0, 0.1) is 0 Å². The van der Waals surface area contributed by atoms with Gasteiger partial charge in [-0.1, -0.05) is 13.3 Å². The fourth-order valence-electron chi connectivity index (χ4n) is 0.934. The predicted octanol–water partition coefficient (Wildman–Crippen LogP) is 1.12. The molecule has 0 heterocycles. The van der Waals surface area contributed by atoms with E-state index in [1.165, 1.54) is 4.90 Å². The molecule has 0 aliphatic rings. The summed E-state index contributed by atoms with van der Waals surface area (Å²) in [6.45, 7) is 3.79. The van der Waals surface area contributed by atoms with Crippen LogP contribution in [0.3, 0.4) is 0 Å². The van der Waals surface area contributed by atoms with Gasteiger partial charge in [0.2, 0.25) is 0 Å². The maximum absolute atomic E-state index is 10.6. The molecule has 0 unspecified atom stereocenters. The van der Waals surface area contributed by atoms with E-state index in [0.29, 0.717) is 19.6 Å². The first-order valence-electron chi connectivity index (χ1n) is 4.40. The number of rotatable bonds is 6. The maximum Gasteiger partial charge on any atom is 0.407 e. The normalized spacial score (nSPS) is 9.83. The molecule has 0 rings (SSSR count). The van der Waals surface area contributed by atoms with Gasteiger partial charge in [0, 0.05) is 13.1 Å². The standard InChI is InChI=1S/C8H18N2O2/c1-2-3-6-10(8(11)12)7-4-5-9/h2-7,9H2,1H3,(H,11,12). The third kappa shape index (κ3) is 4.96. The van der Waals surface area contributed by atoms with Gasteiger partial charge in [-0.25, -0.2) is 4.79 Å². The zero-order valence-corrected chi connectivity index (χ0v) is 7.62. The smallest absolute Gasteiger partial charge is 0.407 e. The van der Waals surface area contributed by atoms with Crippen LogP contribution in [-0.4, -0.2) is 35.7 Å². The second-order valence-electron chi connectivity index (χ2n) is 2.77. The third-order valence-corrected chi connectivity index (χ3v) is 1.68. The molecule has 4 heteroatoms. The molecule has 0 atom stereocenters. The highest BCUT2D eigenvalue weighted by atomic mass is 16.4. The summed E-state index contributed by atoms with van der Waals surface area (Å²) in [5.74, 6) is 0. The van der Waals surface area contributed by atoms with E-state index in [-0.39, 0.29) is 0 Å². The molecule has 4 nitrogen and oxygen atoms in total. The van der Waals surface area contributed by atoms with Crippen molar-refractivity contribution >= 4 is 6.09 Å². The predicted molar refractivity (Wildman–Crippen MR) is 48.2 cm³/mol. The van der Waals surface area contributed by atoms with Gasteiger partial charge in [0.1, 0.15) is 0 Å². The SMILES string of the molecule is CCCCN(CCCN)C(=O)O. The molecule has 0 aromatic carbocycles. The third-order valence-electron chi connectivity index (χ3n) is 1.68. The molecule has 0 aromatic heterocycles. The summed E-state index contributed by atoms with van der Waals surface area (Å²) in [5, 5.41) is 8.71. The van der Waals surface area contributed by atoms with Gasteiger partial charge in [-0.2, -0.15) is 0 Å². The van der Waals surface area contributed by atoms with Gasteiger partial charge in [0.25, 0.3) is 0 Å². The van der Waals surface area contributed by atoms with Crippen LogP contribution < -0.4 is 5.73 Å². The van der Waals surface area contributed by atoms with Crippen molar-refractivity contribution in [2.45, 2.75) is 26.2 Å². The molecule has 0 spiro atoms. The van der Waals surface area contributed by atoms with Gasteiger partial charge < -0.3 is 15.7 Å². The lowest BCUT2D eigenvalue weighted by molar-refractivity contribution is 0.144. The van der Waals surface area contributed by atoms with Gasteiger partial charge in [-0.15, -0.1) is 0 Å². The fourth-order valence-corrected chi connectivity index (χ4v) is 0.934. The lowest BCUT2D eigenvalue weighted by Crippen LogP contribution is -2.32. The van der Waals surface area contributed by atoms with Crippen LogP contribution in [0.1, 0.15) is 26.2 Å². The summed E-state index contributed by atoms with van der Waals surface area (Å²) in [6.07, 6.45) is 1.86. The van der Waals surface area contributed by atoms with Crippen molar-refractivity contribution in [2.24, 2.45) is 5.73 Å². The summed E-state index contributed by atoms with van der Waals surface area (Å²) < 4.78 is 0. The zero-order chi connectivity index (χ0) is 9.40. The molecular weight excluding hydrogens is 156 g/mol. The van der Waals surface area contributed by atoms with Crippen molar-refractivity contribution in [2.75, 3.05) is 19.6 Å². The van der Waals surface area contributed by atoms with Gasteiger partial charge >= 0.3 is 6.09 Å². The Kier molecular flexibility index (Phi) is 6.47. The number of amides is 1. The van der Waals surface area contributed by atoms with Crippen LogP contribution in [0.4, 0.5) is 4.79 Å². The van der Waals surface area contributed by atoms with Crippen LogP contribution in [0.5, 0.6) is 0 Å². The summed E-state index contributed by atoms with van der Waals surface area (Å²) in [7, 11) is 0. The van der Waals surface area contributed by atoms with E-state index < -0.39 is 6.09 Å². The first-order chi connectivity index (χ1) is 5.72. The van der Waals surface area contributed by atoms with Crippen molar-refractivity contribution in [3.8, 4) is 0 Å². The molecule has 0 bridgehead atoms. The Balaban J connectivity index is 3.62. The van der Waals surface area contributed by atoms with E-state index in [9.17, 15) is 4.79 Å². The Morgan fingerprint density at radius 1 is 1.42 bits per heavy atom. The lowest BCUT2D eigenvalue weighted by Gasteiger charge is -2.17. The van der Waals surface area contributed by atoms with Crippen LogP contribution in [-0.2, 0) is 0 Å². The molecule has 3 N–H and O–H groups in total. The highest BCUT2D eigenvalue weighted by molar-refractivity contribution is 5.64. The van der Waals surface area contributed by atoms with Gasteiger partial charge in [-0.05, 0) is 19.4 Å². The van der Waals surface area contributed by atoms with Crippen molar-refractivity contribution in [3.05, 3.63) is 0 Å². The van der Waals surface area contributed by atoms with Crippen molar-refractivity contribution in [1.29, 1.82) is 0 Å². The molecule has 0 saturated carbocycles. The largest absolute Gasteiger partial charge is 0.465 e. The van der Waals surface area contributed by atoms with Crippen LogP contribution in [0.25, 0.3) is 0 Å². The molecule has 0 radical (unpaired) electrons. The molecule has 0 aromatic rings. The Bertz CT molecular complexity index is 120. The minimum atomic E-state index is -0.836. The van der Waals surface area contributed by atoms with Crippen molar-refractivity contribution < 1.29 is 9.90 Å². The van der Waals surface area contributed by atoms with E-state index in [1.807, 2.05) is 6.92 Å². The topological polar surface area (TPSA) is 66.6 Å². The number of carboxylic acid groups (broad SMARTS) is 1. The second-order valence-corrected chi connectivity index (χ2v) is 2.77. The van der Waals surface area contributed by atoms with E-state index in [2.05, 4.69) is 0 Å². The molecular formula is C8H18N2O2. The van der Waals surface area contributed by atoms with Crippen LogP contribution in [0.15, 0.2) is 0 Å². The first-order valence-corrected chi connectivity index (χ1v) is 4.40. The lowest BCUT2D eigenvalue weighted by atomic mass is 10.3. The van der Waals surface area contributed by atoms with E-state index in [1.54, 1.807) is 0 Å². The quantitative estimate of drug-likeness (QED) is 0.634. The van der Waals surface area contributed by atoms with Crippen LogP contribution in [0.2, 0.25) is 0 Å². The van der Waals surface area contributed by atoms with E-state index >= 15 is 0 Å². The molecule has 0 aliphatic carbocycles. The number of nitrogens with two attached hydrogens (primary N) is 1. The highest BCUT2D eigenvalue weighted by Crippen LogP contribution is 1.96. The Hall–Kier alpha value is -0.770. The Morgan fingerprint density at radius 3 is 2.42 bits per heavy atom. The molecule has 0 aliphatic heterocycles. The van der Waals surface area contributed by atoms with Gasteiger partial charge in [0.05, 0.1) is 0 Å². The zero-order valence-electron chi connectivity index (χ0n) is 7.62. The number of unbranched alkanes of at least 4 members (excludes halogenated alkanes) is 1. The molecule has 0 saturated heterocycles. The Morgan fingerprint density at radius 2 is 2.00 bits per heavy atom. The van der Waals surface area contributed by atoms with Crippen molar-refractivity contribution in [3.63, 3.8) is 0 Å². The molecule has 1 amide bonds. The van der Waals surface area contributed by atoms with Crippen molar-refractivity contribution in [1.82, 2.24) is 4.90 Å². The Labute approximate surface area is 73.3 Å². The average molecular weight is 174 g/mol. The van der Waals surface area contributed by atoms with E-state index in [4.69, 9.17) is 10.8 Å². The summed E-state index contributed by atoms with van der Waals surface area (Å²) in [5.41, 5.74) is 5.29. The maximum atomic E-state index is 10.6. The number of hydrogen-bond donors (Lipinski definition) is 2. The van der Waals surface area contributed by atoms with E-state index in [0.717, 1.165) is 19.3 Å². The highest BCUT2D eigenvalue weighted by Gasteiger charge is 2.08. The average Bonchev–Trinajstić information content (AvgIpc) is 2.04. The summed E-state index contributed by atoms with van der Waals surface area (Å²) in [6, 6.07) is 0.